The van der Waals surface area contributed by atoms with E-state index in [1.807, 2.05) is 0 Å². The second-order valence-electron chi connectivity index (χ2n) is 6.34. The SMILES string of the molecule is COc1cc2c(cc1OC)C(C1CCCCCC1)NCC2. The van der Waals surface area contributed by atoms with Crippen molar-refractivity contribution in [3.05, 3.63) is 23.3 Å². The van der Waals surface area contributed by atoms with E-state index in [1.165, 1.54) is 49.7 Å². The first-order valence-electron chi connectivity index (χ1n) is 8.31. The van der Waals surface area contributed by atoms with Crippen LogP contribution in [0.3, 0.4) is 0 Å². The van der Waals surface area contributed by atoms with Crippen LogP contribution in [0.5, 0.6) is 11.5 Å². The van der Waals surface area contributed by atoms with Crippen molar-refractivity contribution in [1.82, 2.24) is 5.32 Å². The molecule has 0 aromatic heterocycles. The van der Waals surface area contributed by atoms with Crippen molar-refractivity contribution in [2.75, 3.05) is 20.8 Å². The molecule has 1 aliphatic heterocycles. The molecule has 1 unspecified atom stereocenters. The zero-order valence-corrected chi connectivity index (χ0v) is 13.3. The van der Waals surface area contributed by atoms with Crippen molar-refractivity contribution in [3.63, 3.8) is 0 Å². The van der Waals surface area contributed by atoms with Gasteiger partial charge in [0.2, 0.25) is 0 Å². The van der Waals surface area contributed by atoms with Crippen LogP contribution in [0.25, 0.3) is 0 Å². The van der Waals surface area contributed by atoms with Gasteiger partial charge in [0.25, 0.3) is 0 Å². The lowest BCUT2D eigenvalue weighted by molar-refractivity contribution is 0.310. The van der Waals surface area contributed by atoms with Crippen LogP contribution in [0.4, 0.5) is 0 Å². The Balaban J connectivity index is 1.92. The fraction of sp³-hybridized carbons (Fsp3) is 0.667. The summed E-state index contributed by atoms with van der Waals surface area (Å²) >= 11 is 0. The number of fused-ring (bicyclic) bond motifs is 1. The Morgan fingerprint density at radius 1 is 0.952 bits per heavy atom. The first kappa shape index (κ1) is 14.7. The van der Waals surface area contributed by atoms with Gasteiger partial charge in [0, 0.05) is 6.04 Å². The lowest BCUT2D eigenvalue weighted by atomic mass is 9.82. The monoisotopic (exact) mass is 289 g/mol. The van der Waals surface area contributed by atoms with Gasteiger partial charge in [-0.2, -0.15) is 0 Å². The van der Waals surface area contributed by atoms with Crippen LogP contribution in [0.2, 0.25) is 0 Å². The van der Waals surface area contributed by atoms with Gasteiger partial charge in [-0.1, -0.05) is 25.7 Å². The minimum Gasteiger partial charge on any atom is -0.493 e. The lowest BCUT2D eigenvalue weighted by Gasteiger charge is -2.33. The third-order valence-corrected chi connectivity index (χ3v) is 5.11. The Kier molecular flexibility index (Phi) is 4.69. The standard InChI is InChI=1S/C18H27NO2/c1-20-16-11-14-9-10-19-18(15(14)12-17(16)21-2)13-7-5-3-4-6-8-13/h11-13,18-19H,3-10H2,1-2H3. The van der Waals surface area contributed by atoms with Crippen LogP contribution in [-0.2, 0) is 6.42 Å². The van der Waals surface area contributed by atoms with Crippen LogP contribution < -0.4 is 14.8 Å². The third-order valence-electron chi connectivity index (χ3n) is 5.11. The number of nitrogens with one attached hydrogen (secondary N) is 1. The highest BCUT2D eigenvalue weighted by Crippen LogP contribution is 2.40. The van der Waals surface area contributed by atoms with E-state index < -0.39 is 0 Å². The van der Waals surface area contributed by atoms with Crippen molar-refractivity contribution >= 4 is 0 Å². The average molecular weight is 289 g/mol. The van der Waals surface area contributed by atoms with Gasteiger partial charge < -0.3 is 14.8 Å². The molecule has 1 heterocycles. The number of benzene rings is 1. The molecule has 21 heavy (non-hydrogen) atoms. The molecule has 3 heteroatoms. The summed E-state index contributed by atoms with van der Waals surface area (Å²) in [6, 6.07) is 4.88. The largest absolute Gasteiger partial charge is 0.493 e. The maximum Gasteiger partial charge on any atom is 0.161 e. The second kappa shape index (κ2) is 6.69. The van der Waals surface area contributed by atoms with E-state index >= 15 is 0 Å². The van der Waals surface area contributed by atoms with E-state index in [0.717, 1.165) is 30.4 Å². The molecule has 0 amide bonds. The summed E-state index contributed by atoms with van der Waals surface area (Å²) in [5.41, 5.74) is 2.87. The Morgan fingerprint density at radius 3 is 2.29 bits per heavy atom. The summed E-state index contributed by atoms with van der Waals surface area (Å²) in [5, 5.41) is 3.77. The number of ether oxygens (including phenoxy) is 2. The lowest BCUT2D eigenvalue weighted by Crippen LogP contribution is -2.34. The van der Waals surface area contributed by atoms with Crippen molar-refractivity contribution in [2.24, 2.45) is 5.92 Å². The molecule has 0 radical (unpaired) electrons. The van der Waals surface area contributed by atoms with E-state index in [1.54, 1.807) is 14.2 Å². The van der Waals surface area contributed by atoms with Crippen molar-refractivity contribution in [1.29, 1.82) is 0 Å². The van der Waals surface area contributed by atoms with Crippen LogP contribution in [-0.4, -0.2) is 20.8 Å². The number of rotatable bonds is 3. The summed E-state index contributed by atoms with van der Waals surface area (Å²) < 4.78 is 11.0. The topological polar surface area (TPSA) is 30.5 Å². The van der Waals surface area contributed by atoms with Crippen LogP contribution in [0.1, 0.15) is 55.7 Å². The number of hydrogen-bond donors (Lipinski definition) is 1. The molecule has 1 aromatic carbocycles. The molecular formula is C18H27NO2. The highest BCUT2D eigenvalue weighted by molar-refractivity contribution is 5.49. The van der Waals surface area contributed by atoms with Crippen molar-refractivity contribution in [3.8, 4) is 11.5 Å². The first-order valence-corrected chi connectivity index (χ1v) is 8.31. The van der Waals surface area contributed by atoms with Crippen molar-refractivity contribution in [2.45, 2.75) is 51.0 Å². The van der Waals surface area contributed by atoms with E-state index in [9.17, 15) is 0 Å². The maximum atomic E-state index is 5.51. The van der Waals surface area contributed by atoms with Gasteiger partial charge in [0.1, 0.15) is 0 Å². The number of hydrogen-bond acceptors (Lipinski definition) is 3. The van der Waals surface area contributed by atoms with Crippen LogP contribution in [0.15, 0.2) is 12.1 Å². The van der Waals surface area contributed by atoms with Gasteiger partial charge in [0.15, 0.2) is 11.5 Å². The molecule has 1 saturated carbocycles. The number of methoxy groups -OCH3 is 2. The molecule has 0 spiro atoms. The minimum atomic E-state index is 0.492. The van der Waals surface area contributed by atoms with Gasteiger partial charge >= 0.3 is 0 Å². The van der Waals surface area contributed by atoms with Gasteiger partial charge in [-0.3, -0.25) is 0 Å². The van der Waals surface area contributed by atoms with Crippen LogP contribution in [0, 0.1) is 5.92 Å². The molecule has 0 bridgehead atoms. The molecule has 1 fully saturated rings. The van der Waals surface area contributed by atoms with Crippen molar-refractivity contribution < 1.29 is 9.47 Å². The zero-order chi connectivity index (χ0) is 14.7. The fourth-order valence-electron chi connectivity index (χ4n) is 3.98. The Labute approximate surface area is 128 Å². The molecular weight excluding hydrogens is 262 g/mol. The molecule has 1 atom stereocenters. The predicted molar refractivity (Wildman–Crippen MR) is 85.2 cm³/mol. The molecule has 3 rings (SSSR count). The molecule has 0 saturated heterocycles. The highest BCUT2D eigenvalue weighted by atomic mass is 16.5. The van der Waals surface area contributed by atoms with E-state index in [2.05, 4.69) is 17.4 Å². The van der Waals surface area contributed by atoms with Gasteiger partial charge in [0.05, 0.1) is 14.2 Å². The molecule has 116 valence electrons. The van der Waals surface area contributed by atoms with E-state index in [4.69, 9.17) is 9.47 Å². The Bertz CT molecular complexity index is 478. The fourth-order valence-corrected chi connectivity index (χ4v) is 3.98. The quantitative estimate of drug-likeness (QED) is 0.857. The van der Waals surface area contributed by atoms with E-state index in [0.29, 0.717) is 6.04 Å². The average Bonchev–Trinajstić information content (AvgIpc) is 2.82. The maximum absolute atomic E-state index is 5.51. The van der Waals surface area contributed by atoms with Gasteiger partial charge in [-0.05, 0) is 55.0 Å². The second-order valence-corrected chi connectivity index (χ2v) is 6.34. The summed E-state index contributed by atoms with van der Waals surface area (Å²) in [4.78, 5) is 0. The Hall–Kier alpha value is -1.22. The minimum absolute atomic E-state index is 0.492. The molecule has 1 aliphatic carbocycles. The molecule has 1 N–H and O–H groups in total. The Morgan fingerprint density at radius 2 is 1.62 bits per heavy atom. The van der Waals surface area contributed by atoms with Gasteiger partial charge in [-0.25, -0.2) is 0 Å². The molecule has 1 aromatic rings. The summed E-state index contributed by atoms with van der Waals surface area (Å²) in [6.45, 7) is 1.07. The summed E-state index contributed by atoms with van der Waals surface area (Å²) in [6.07, 6.45) is 9.36. The normalized spacial score (nSPS) is 23.2. The highest BCUT2D eigenvalue weighted by Gasteiger charge is 2.29. The smallest absolute Gasteiger partial charge is 0.161 e. The third kappa shape index (κ3) is 3.03. The van der Waals surface area contributed by atoms with Gasteiger partial charge in [-0.15, -0.1) is 0 Å². The predicted octanol–water partition coefficient (Wildman–Crippen LogP) is 3.86. The van der Waals surface area contributed by atoms with E-state index in [-0.39, 0.29) is 0 Å². The van der Waals surface area contributed by atoms with Crippen LogP contribution >= 0.6 is 0 Å². The first-order chi connectivity index (χ1) is 10.3. The zero-order valence-electron chi connectivity index (χ0n) is 13.3. The summed E-state index contributed by atoms with van der Waals surface area (Å²) in [5.74, 6) is 2.49. The molecule has 3 nitrogen and oxygen atoms in total. The molecule has 2 aliphatic rings. The summed E-state index contributed by atoms with van der Waals surface area (Å²) in [7, 11) is 3.44.